The highest BCUT2D eigenvalue weighted by Gasteiger charge is 2.11. The van der Waals surface area contributed by atoms with Gasteiger partial charge in [0.2, 0.25) is 0 Å². The summed E-state index contributed by atoms with van der Waals surface area (Å²) in [5.41, 5.74) is 0.839. The van der Waals surface area contributed by atoms with Crippen LogP contribution in [-0.4, -0.2) is 40.3 Å². The van der Waals surface area contributed by atoms with Crippen molar-refractivity contribution >= 4 is 15.8 Å². The van der Waals surface area contributed by atoms with E-state index in [1.165, 1.54) is 0 Å². The largest absolute Gasteiger partial charge is 0.356 e. The first-order chi connectivity index (χ1) is 10.9. The fourth-order valence-electron chi connectivity index (χ4n) is 2.10. The maximum atomic E-state index is 12.1. The summed E-state index contributed by atoms with van der Waals surface area (Å²) in [5.74, 6) is 1.66. The lowest BCUT2D eigenvalue weighted by atomic mass is 10.1. The van der Waals surface area contributed by atoms with E-state index in [0.717, 1.165) is 24.5 Å². The lowest BCUT2D eigenvalue weighted by Crippen LogP contribution is -2.38. The summed E-state index contributed by atoms with van der Waals surface area (Å²) < 4.78 is 24.2. The highest BCUT2D eigenvalue weighted by Crippen LogP contribution is 2.06. The summed E-state index contributed by atoms with van der Waals surface area (Å²) in [4.78, 5) is 4.13. The molecule has 1 rings (SSSR count). The Labute approximate surface area is 140 Å². The minimum atomic E-state index is -3.07. The molecule has 2 N–H and O–H groups in total. The van der Waals surface area contributed by atoms with Crippen LogP contribution in [-0.2, 0) is 15.6 Å². The second-order valence-corrected chi connectivity index (χ2v) is 8.22. The van der Waals surface area contributed by atoms with Crippen molar-refractivity contribution in [1.29, 1.82) is 0 Å². The fraction of sp³-hybridized carbons (Fsp3) is 0.588. The Kier molecular flexibility index (Phi) is 8.69. The van der Waals surface area contributed by atoms with Crippen LogP contribution >= 0.6 is 0 Å². The Hall–Kier alpha value is -1.56. The molecular weight excluding hydrogens is 310 g/mol. The van der Waals surface area contributed by atoms with Crippen molar-refractivity contribution in [2.75, 3.05) is 25.9 Å². The van der Waals surface area contributed by atoms with Crippen molar-refractivity contribution in [2.45, 2.75) is 32.4 Å². The molecule has 5 nitrogen and oxygen atoms in total. The first-order valence-electron chi connectivity index (χ1n) is 8.12. The molecule has 0 spiro atoms. The molecule has 130 valence electrons. The van der Waals surface area contributed by atoms with Crippen LogP contribution in [0.1, 0.15) is 32.3 Å². The monoisotopic (exact) mass is 339 g/mol. The Bertz CT molecular complexity index is 569. The molecule has 23 heavy (non-hydrogen) atoms. The van der Waals surface area contributed by atoms with Crippen molar-refractivity contribution in [2.24, 2.45) is 10.9 Å². The summed E-state index contributed by atoms with van der Waals surface area (Å²) >= 11 is 0. The van der Waals surface area contributed by atoms with Crippen LogP contribution in [0, 0.1) is 5.92 Å². The molecule has 0 atom stereocenters. The van der Waals surface area contributed by atoms with Crippen LogP contribution < -0.4 is 10.6 Å². The van der Waals surface area contributed by atoms with E-state index in [-0.39, 0.29) is 11.5 Å². The second kappa shape index (κ2) is 10.3. The fourth-order valence-corrected chi connectivity index (χ4v) is 3.53. The first kappa shape index (κ1) is 19.5. The molecule has 6 heteroatoms. The smallest absolute Gasteiger partial charge is 0.190 e. The Morgan fingerprint density at radius 2 is 1.78 bits per heavy atom. The molecule has 0 aliphatic rings. The zero-order valence-corrected chi connectivity index (χ0v) is 15.2. The molecule has 0 unspecified atom stereocenters. The van der Waals surface area contributed by atoms with Crippen molar-refractivity contribution in [3.8, 4) is 0 Å². The van der Waals surface area contributed by atoms with Gasteiger partial charge in [0.1, 0.15) is 0 Å². The summed E-state index contributed by atoms with van der Waals surface area (Å²) in [6, 6.07) is 9.29. The topological polar surface area (TPSA) is 70.6 Å². The van der Waals surface area contributed by atoms with Gasteiger partial charge in [0, 0.05) is 20.1 Å². The van der Waals surface area contributed by atoms with Crippen molar-refractivity contribution in [3.05, 3.63) is 35.9 Å². The standard InChI is InChI=1S/C17H29N3O2S/c1-15(2)10-12-20-17(18-3)19-11-7-13-23(21,22)14-16-8-5-4-6-9-16/h4-6,8-9,15H,7,10-14H2,1-3H3,(H2,18,19,20). The lowest BCUT2D eigenvalue weighted by Gasteiger charge is -2.12. The van der Waals surface area contributed by atoms with Gasteiger partial charge in [-0.15, -0.1) is 0 Å². The van der Waals surface area contributed by atoms with Crippen LogP contribution in [0.3, 0.4) is 0 Å². The van der Waals surface area contributed by atoms with Gasteiger partial charge in [-0.1, -0.05) is 44.2 Å². The summed E-state index contributed by atoms with van der Waals surface area (Å²) in [7, 11) is -1.35. The van der Waals surface area contributed by atoms with Gasteiger partial charge in [0.05, 0.1) is 11.5 Å². The summed E-state index contributed by atoms with van der Waals surface area (Å²) in [6.07, 6.45) is 1.65. The molecule has 0 bridgehead atoms. The SMILES string of the molecule is CN=C(NCCCS(=O)(=O)Cc1ccccc1)NCCC(C)C. The van der Waals surface area contributed by atoms with Crippen molar-refractivity contribution in [3.63, 3.8) is 0 Å². The molecule has 0 saturated carbocycles. The van der Waals surface area contributed by atoms with Gasteiger partial charge in [0.15, 0.2) is 15.8 Å². The van der Waals surface area contributed by atoms with Gasteiger partial charge in [0.25, 0.3) is 0 Å². The van der Waals surface area contributed by atoms with E-state index >= 15 is 0 Å². The molecule has 0 saturated heterocycles. The van der Waals surface area contributed by atoms with E-state index in [9.17, 15) is 8.42 Å². The maximum absolute atomic E-state index is 12.1. The second-order valence-electron chi connectivity index (χ2n) is 6.04. The molecular formula is C17H29N3O2S. The summed E-state index contributed by atoms with van der Waals surface area (Å²) in [5, 5.41) is 6.38. The van der Waals surface area contributed by atoms with E-state index < -0.39 is 9.84 Å². The van der Waals surface area contributed by atoms with E-state index in [0.29, 0.717) is 18.9 Å². The molecule has 0 heterocycles. The van der Waals surface area contributed by atoms with Gasteiger partial charge in [-0.3, -0.25) is 4.99 Å². The highest BCUT2D eigenvalue weighted by molar-refractivity contribution is 7.90. The van der Waals surface area contributed by atoms with Gasteiger partial charge < -0.3 is 10.6 Å². The Balaban J connectivity index is 2.27. The molecule has 0 amide bonds. The van der Waals surface area contributed by atoms with Crippen LogP contribution in [0.4, 0.5) is 0 Å². The number of aliphatic imine (C=N–C) groups is 1. The number of sulfone groups is 1. The number of rotatable bonds is 9. The molecule has 0 aliphatic heterocycles. The normalized spacial score (nSPS) is 12.4. The number of benzene rings is 1. The first-order valence-corrected chi connectivity index (χ1v) is 9.94. The van der Waals surface area contributed by atoms with E-state index in [4.69, 9.17) is 0 Å². The zero-order chi connectivity index (χ0) is 17.1. The maximum Gasteiger partial charge on any atom is 0.190 e. The van der Waals surface area contributed by atoms with Gasteiger partial charge in [-0.05, 0) is 24.3 Å². The average Bonchev–Trinajstić information content (AvgIpc) is 2.50. The van der Waals surface area contributed by atoms with Gasteiger partial charge in [-0.25, -0.2) is 8.42 Å². The zero-order valence-electron chi connectivity index (χ0n) is 14.4. The lowest BCUT2D eigenvalue weighted by molar-refractivity contribution is 0.572. The van der Waals surface area contributed by atoms with Crippen LogP contribution in [0.15, 0.2) is 35.3 Å². The molecule has 1 aromatic rings. The number of nitrogens with zero attached hydrogens (tertiary/aromatic N) is 1. The summed E-state index contributed by atoms with van der Waals surface area (Å²) in [6.45, 7) is 5.81. The van der Waals surface area contributed by atoms with Gasteiger partial charge >= 0.3 is 0 Å². The number of guanidine groups is 1. The molecule has 0 fully saturated rings. The highest BCUT2D eigenvalue weighted by atomic mass is 32.2. The third-order valence-electron chi connectivity index (χ3n) is 3.39. The molecule has 1 aromatic carbocycles. The number of hydrogen-bond donors (Lipinski definition) is 2. The predicted molar refractivity (Wildman–Crippen MR) is 97.4 cm³/mol. The molecule has 0 aliphatic carbocycles. The quantitative estimate of drug-likeness (QED) is 0.411. The minimum Gasteiger partial charge on any atom is -0.356 e. The van der Waals surface area contributed by atoms with Crippen LogP contribution in [0.5, 0.6) is 0 Å². The number of nitrogens with one attached hydrogen (secondary N) is 2. The van der Waals surface area contributed by atoms with Gasteiger partial charge in [-0.2, -0.15) is 0 Å². The third-order valence-corrected chi connectivity index (χ3v) is 5.08. The van der Waals surface area contributed by atoms with E-state index in [1.54, 1.807) is 7.05 Å². The van der Waals surface area contributed by atoms with Crippen molar-refractivity contribution < 1.29 is 8.42 Å². The van der Waals surface area contributed by atoms with E-state index in [2.05, 4.69) is 29.5 Å². The van der Waals surface area contributed by atoms with E-state index in [1.807, 2.05) is 30.3 Å². The third kappa shape index (κ3) is 9.23. The molecule has 0 radical (unpaired) electrons. The Morgan fingerprint density at radius 3 is 2.39 bits per heavy atom. The van der Waals surface area contributed by atoms with Crippen LogP contribution in [0.2, 0.25) is 0 Å². The van der Waals surface area contributed by atoms with Crippen LogP contribution in [0.25, 0.3) is 0 Å². The minimum absolute atomic E-state index is 0.106. The average molecular weight is 340 g/mol. The predicted octanol–water partition coefficient (Wildman–Crippen LogP) is 2.20. The number of hydrogen-bond acceptors (Lipinski definition) is 3. The molecule has 0 aromatic heterocycles. The van der Waals surface area contributed by atoms with Crippen molar-refractivity contribution in [1.82, 2.24) is 10.6 Å². The Morgan fingerprint density at radius 1 is 1.13 bits per heavy atom.